The highest BCUT2D eigenvalue weighted by Gasteiger charge is 2.30. The average molecular weight is 1380 g/mol. The molecule has 0 fully saturated rings. The fourth-order valence-electron chi connectivity index (χ4n) is 11.0. The Bertz CT molecular complexity index is 1900. The number of hydrogen-bond acceptors (Lipinski definition) is 15. The molecule has 0 saturated carbocycles. The van der Waals surface area contributed by atoms with Crippen LogP contribution in [0.4, 0.5) is 0 Å². The minimum atomic E-state index is -4.96. The molecule has 0 aliphatic carbocycles. The van der Waals surface area contributed by atoms with Gasteiger partial charge in [0.2, 0.25) is 0 Å². The lowest BCUT2D eigenvalue weighted by Gasteiger charge is -2.21. The molecule has 0 aromatic carbocycles. The van der Waals surface area contributed by atoms with Crippen LogP contribution in [-0.4, -0.2) is 96.7 Å². The number of ether oxygens (including phenoxy) is 4. The summed E-state index contributed by atoms with van der Waals surface area (Å²) < 4.78 is 68.4. The van der Waals surface area contributed by atoms with Crippen LogP contribution in [0.3, 0.4) is 0 Å². The van der Waals surface area contributed by atoms with Gasteiger partial charge in [-0.2, -0.15) is 0 Å². The molecule has 2 unspecified atom stereocenters. The molecule has 94 heavy (non-hydrogen) atoms. The largest absolute Gasteiger partial charge is 0.472 e. The van der Waals surface area contributed by atoms with Gasteiger partial charge in [-0.3, -0.25) is 37.3 Å². The topological polar surface area (TPSA) is 237 Å². The van der Waals surface area contributed by atoms with Crippen molar-refractivity contribution in [2.75, 3.05) is 39.6 Å². The predicted molar refractivity (Wildman–Crippen MR) is 381 cm³/mol. The lowest BCUT2D eigenvalue weighted by molar-refractivity contribution is -0.161. The first-order valence-electron chi connectivity index (χ1n) is 38.5. The van der Waals surface area contributed by atoms with Gasteiger partial charge in [0.25, 0.3) is 0 Å². The van der Waals surface area contributed by atoms with E-state index in [0.29, 0.717) is 25.7 Å². The summed E-state index contributed by atoms with van der Waals surface area (Å²) in [5.41, 5.74) is 0. The van der Waals surface area contributed by atoms with E-state index in [2.05, 4.69) is 58.9 Å². The first-order valence-corrected chi connectivity index (χ1v) is 41.4. The Morgan fingerprint density at radius 1 is 0.330 bits per heavy atom. The lowest BCUT2D eigenvalue weighted by atomic mass is 10.0. The van der Waals surface area contributed by atoms with Crippen molar-refractivity contribution >= 4 is 39.5 Å². The lowest BCUT2D eigenvalue weighted by Crippen LogP contribution is -2.30. The summed E-state index contributed by atoms with van der Waals surface area (Å²) in [5, 5.41) is 10.6. The van der Waals surface area contributed by atoms with Crippen LogP contribution in [-0.2, 0) is 65.4 Å². The highest BCUT2D eigenvalue weighted by molar-refractivity contribution is 7.47. The monoisotopic (exact) mass is 1380 g/mol. The van der Waals surface area contributed by atoms with E-state index in [0.717, 1.165) is 121 Å². The normalized spacial score (nSPS) is 14.1. The summed E-state index contributed by atoms with van der Waals surface area (Å²) in [6, 6.07) is 0. The summed E-state index contributed by atoms with van der Waals surface area (Å²) in [4.78, 5) is 72.6. The first kappa shape index (κ1) is 91.5. The van der Waals surface area contributed by atoms with Gasteiger partial charge in [0.1, 0.15) is 19.3 Å². The molecule has 5 atom stereocenters. The minimum absolute atomic E-state index is 0.102. The van der Waals surface area contributed by atoms with Crippen molar-refractivity contribution in [1.82, 2.24) is 0 Å². The van der Waals surface area contributed by atoms with Gasteiger partial charge in [-0.1, -0.05) is 316 Å². The van der Waals surface area contributed by atoms with E-state index in [-0.39, 0.29) is 25.7 Å². The van der Waals surface area contributed by atoms with Crippen molar-refractivity contribution in [3.8, 4) is 0 Å². The number of carbonyl (C=O) groups excluding carboxylic acids is 4. The van der Waals surface area contributed by atoms with Crippen LogP contribution >= 0.6 is 15.6 Å². The summed E-state index contributed by atoms with van der Waals surface area (Å²) in [6.07, 6.45) is 59.2. The molecule has 3 N–H and O–H groups in total. The van der Waals surface area contributed by atoms with Crippen LogP contribution in [0.25, 0.3) is 0 Å². The third kappa shape index (κ3) is 68.1. The van der Waals surface area contributed by atoms with Crippen LogP contribution in [0.15, 0.2) is 24.3 Å². The maximum atomic E-state index is 13.1. The van der Waals surface area contributed by atoms with E-state index in [9.17, 15) is 43.2 Å². The molecule has 554 valence electrons. The molecule has 17 nitrogen and oxygen atoms in total. The quantitative estimate of drug-likeness (QED) is 0.0169. The molecule has 0 amide bonds. The van der Waals surface area contributed by atoms with Gasteiger partial charge in [0.05, 0.1) is 26.4 Å². The Hall–Kier alpha value is -2.46. The molecule has 0 bridgehead atoms. The molecular formula is C75H142O17P2. The number of phosphoric ester groups is 2. The van der Waals surface area contributed by atoms with Crippen LogP contribution in [0.1, 0.15) is 369 Å². The summed E-state index contributed by atoms with van der Waals surface area (Å²) in [5.74, 6) is -1.41. The van der Waals surface area contributed by atoms with Crippen molar-refractivity contribution < 1.29 is 80.2 Å². The van der Waals surface area contributed by atoms with E-state index in [1.807, 2.05) is 0 Å². The van der Waals surface area contributed by atoms with Gasteiger partial charge >= 0.3 is 39.5 Å². The number of allylic oxidation sites excluding steroid dienone is 4. The zero-order chi connectivity index (χ0) is 69.1. The number of unbranched alkanes of at least 4 members (excludes halogenated alkanes) is 42. The molecule has 0 aromatic heterocycles. The SMILES string of the molecule is CCCCCC/C=C\C=C/CCCCCCCC(=O)OC[C@H](COP(=O)(O)OC[C@@H](O)COP(=O)(O)OC[C@@H](COC(=O)CCCCCCCCCC)OC(=O)CCCCCCCCCCCC(C)C)OC(=O)CCCCCCCCCCCCCCCCCCCCC. The zero-order valence-electron chi connectivity index (χ0n) is 60.6. The third-order valence-electron chi connectivity index (χ3n) is 16.9. The van der Waals surface area contributed by atoms with Crippen LogP contribution in [0.2, 0.25) is 0 Å². The highest BCUT2D eigenvalue weighted by atomic mass is 31.2. The summed E-state index contributed by atoms with van der Waals surface area (Å²) in [6.45, 7) is 7.16. The number of aliphatic hydroxyl groups is 1. The maximum absolute atomic E-state index is 13.1. The van der Waals surface area contributed by atoms with E-state index in [4.69, 9.17) is 37.0 Å². The maximum Gasteiger partial charge on any atom is 0.472 e. The second kappa shape index (κ2) is 67.7. The second-order valence-corrected chi connectivity index (χ2v) is 29.7. The Morgan fingerprint density at radius 2 is 0.574 bits per heavy atom. The van der Waals surface area contributed by atoms with Crippen LogP contribution in [0, 0.1) is 5.92 Å². The fourth-order valence-corrected chi connectivity index (χ4v) is 12.6. The number of rotatable bonds is 73. The molecule has 0 spiro atoms. The molecule has 0 aliphatic rings. The van der Waals surface area contributed by atoms with Crippen molar-refractivity contribution in [2.45, 2.75) is 387 Å². The van der Waals surface area contributed by atoms with Gasteiger partial charge < -0.3 is 33.8 Å². The molecule has 0 rings (SSSR count). The van der Waals surface area contributed by atoms with Gasteiger partial charge in [-0.15, -0.1) is 0 Å². The van der Waals surface area contributed by atoms with Crippen molar-refractivity contribution in [2.24, 2.45) is 5.92 Å². The fraction of sp³-hybridized carbons (Fsp3) is 0.893. The number of hydrogen-bond donors (Lipinski definition) is 3. The minimum Gasteiger partial charge on any atom is -0.462 e. The highest BCUT2D eigenvalue weighted by Crippen LogP contribution is 2.45. The summed E-state index contributed by atoms with van der Waals surface area (Å²) >= 11 is 0. The number of phosphoric acid groups is 2. The molecule has 0 heterocycles. The van der Waals surface area contributed by atoms with E-state index >= 15 is 0 Å². The van der Waals surface area contributed by atoms with E-state index < -0.39 is 97.5 Å². The van der Waals surface area contributed by atoms with Gasteiger partial charge in [-0.25, -0.2) is 9.13 Å². The summed E-state index contributed by atoms with van der Waals surface area (Å²) in [7, 11) is -9.92. The number of aliphatic hydroxyl groups excluding tert-OH is 1. The molecule has 0 aliphatic heterocycles. The zero-order valence-corrected chi connectivity index (χ0v) is 62.4. The second-order valence-electron chi connectivity index (χ2n) is 26.8. The Labute approximate surface area is 573 Å². The molecule has 0 radical (unpaired) electrons. The van der Waals surface area contributed by atoms with Crippen molar-refractivity contribution in [1.29, 1.82) is 0 Å². The first-order chi connectivity index (χ1) is 45.5. The Kier molecular flexibility index (Phi) is 65.9. The smallest absolute Gasteiger partial charge is 0.462 e. The molecule has 19 heteroatoms. The van der Waals surface area contributed by atoms with Crippen molar-refractivity contribution in [3.63, 3.8) is 0 Å². The Balaban J connectivity index is 5.24. The predicted octanol–water partition coefficient (Wildman–Crippen LogP) is 21.6. The average Bonchev–Trinajstić information content (AvgIpc) is 1.43. The number of carbonyl (C=O) groups is 4. The standard InChI is InChI=1S/C75H142O17P2/c1-6-9-12-15-18-21-23-25-27-28-29-30-32-34-36-40-45-50-55-60-74(79)91-71(65-86-73(78)59-54-49-44-39-35-33-31-26-24-22-19-16-13-10-7-2)67-90-94(83,84)88-63-69(76)62-87-93(81,82)89-66-70(64-85-72(77)58-53-48-43-20-17-14-11-8-3)92-75(80)61-56-51-46-41-37-38-42-47-52-57-68(4)5/h22,24,26,31,68-71,76H,6-21,23,25,27-30,32-67H2,1-5H3,(H,81,82)(H,83,84)/b24-22-,31-26-/t69-,70+,71+/m0/s1. The Morgan fingerprint density at radius 3 is 0.872 bits per heavy atom. The van der Waals surface area contributed by atoms with E-state index in [1.165, 1.54) is 167 Å². The van der Waals surface area contributed by atoms with E-state index in [1.54, 1.807) is 0 Å². The van der Waals surface area contributed by atoms with Gasteiger partial charge in [0, 0.05) is 25.7 Å². The number of esters is 4. The van der Waals surface area contributed by atoms with Crippen molar-refractivity contribution in [3.05, 3.63) is 24.3 Å². The van der Waals surface area contributed by atoms with Crippen LogP contribution < -0.4 is 0 Å². The molecule has 0 saturated heterocycles. The molecular weight excluding hydrogens is 1230 g/mol. The van der Waals surface area contributed by atoms with Gasteiger partial charge in [-0.05, 0) is 57.3 Å². The van der Waals surface area contributed by atoms with Gasteiger partial charge in [0.15, 0.2) is 12.2 Å². The third-order valence-corrected chi connectivity index (χ3v) is 18.8. The molecule has 0 aromatic rings. The van der Waals surface area contributed by atoms with Crippen LogP contribution in [0.5, 0.6) is 0 Å².